The molecule has 4 nitrogen and oxygen atoms in total. The molecule has 0 N–H and O–H groups in total. The topological polar surface area (TPSA) is 49.2 Å². The van der Waals surface area contributed by atoms with Crippen molar-refractivity contribution in [2.24, 2.45) is 0 Å². The van der Waals surface area contributed by atoms with Crippen molar-refractivity contribution in [3.05, 3.63) is 70.6 Å². The first-order valence-electron chi connectivity index (χ1n) is 7.23. The van der Waals surface area contributed by atoms with Crippen LogP contribution in [0.15, 0.2) is 59.5 Å². The molecule has 0 amide bonds. The Kier molecular flexibility index (Phi) is 3.24. The van der Waals surface area contributed by atoms with E-state index in [1.807, 2.05) is 57.2 Å². The van der Waals surface area contributed by atoms with Crippen LogP contribution in [0.5, 0.6) is 5.88 Å². The summed E-state index contributed by atoms with van der Waals surface area (Å²) in [6.07, 6.45) is 1.70. The van der Waals surface area contributed by atoms with Crippen LogP contribution >= 0.6 is 0 Å². The van der Waals surface area contributed by atoms with Gasteiger partial charge in [0.05, 0.1) is 17.6 Å². The van der Waals surface area contributed by atoms with Crippen LogP contribution in [0.1, 0.15) is 26.3 Å². The number of aromatic nitrogens is 2. The van der Waals surface area contributed by atoms with Crippen molar-refractivity contribution in [1.82, 2.24) is 4.57 Å². The average Bonchev–Trinajstić information content (AvgIpc) is 2.47. The lowest BCUT2D eigenvalue weighted by atomic mass is 9.88. The maximum absolute atomic E-state index is 13.0. The van der Waals surface area contributed by atoms with Gasteiger partial charge in [-0.2, -0.15) is 4.57 Å². The van der Waals surface area contributed by atoms with E-state index in [-0.39, 0.29) is 11.4 Å². The number of rotatable bonds is 1. The molecule has 3 aromatic rings. The summed E-state index contributed by atoms with van der Waals surface area (Å²) in [5.41, 5.74) is 0.829. The maximum atomic E-state index is 13.0. The van der Waals surface area contributed by atoms with Crippen molar-refractivity contribution in [1.29, 1.82) is 0 Å². The molecule has 4 heteroatoms. The first kappa shape index (κ1) is 14.3. The highest BCUT2D eigenvalue weighted by molar-refractivity contribution is 5.46. The molecular weight excluding hydrogens is 276 g/mol. The zero-order chi connectivity index (χ0) is 15.9. The van der Waals surface area contributed by atoms with Crippen molar-refractivity contribution in [3.8, 4) is 11.6 Å². The van der Waals surface area contributed by atoms with Crippen LogP contribution in [0.2, 0.25) is 0 Å². The van der Waals surface area contributed by atoms with Gasteiger partial charge < -0.3 is 5.11 Å². The minimum Gasteiger partial charge on any atom is -0.842 e. The van der Waals surface area contributed by atoms with Crippen LogP contribution in [0, 0.1) is 0 Å². The predicted octanol–water partition coefficient (Wildman–Crippen LogP) is 1.95. The first-order valence-corrected chi connectivity index (χ1v) is 7.23. The summed E-state index contributed by atoms with van der Waals surface area (Å²) in [5.74, 6) is -0.250. The van der Waals surface area contributed by atoms with Gasteiger partial charge >= 0.3 is 5.56 Å². The van der Waals surface area contributed by atoms with Gasteiger partial charge in [0.1, 0.15) is 5.69 Å². The molecule has 2 aromatic heterocycles. The fourth-order valence-electron chi connectivity index (χ4n) is 2.68. The maximum Gasteiger partial charge on any atom is 0.345 e. The lowest BCUT2D eigenvalue weighted by molar-refractivity contribution is -0.589. The van der Waals surface area contributed by atoms with Gasteiger partial charge in [-0.1, -0.05) is 45.0 Å². The Balaban J connectivity index is 2.54. The van der Waals surface area contributed by atoms with Crippen LogP contribution in [0.4, 0.5) is 0 Å². The Labute approximate surface area is 128 Å². The highest BCUT2D eigenvalue weighted by Crippen LogP contribution is 2.24. The average molecular weight is 294 g/mol. The number of nitrogens with zero attached hydrogens (tertiary/aromatic N) is 2. The molecule has 0 saturated heterocycles. The summed E-state index contributed by atoms with van der Waals surface area (Å²) in [5, 5.41) is 12.7. The molecule has 0 saturated carbocycles. The monoisotopic (exact) mass is 294 g/mol. The Morgan fingerprint density at radius 3 is 2.27 bits per heavy atom. The van der Waals surface area contributed by atoms with Crippen molar-refractivity contribution >= 4 is 5.65 Å². The van der Waals surface area contributed by atoms with Crippen LogP contribution in [0.3, 0.4) is 0 Å². The quantitative estimate of drug-likeness (QED) is 0.644. The molecule has 0 fully saturated rings. The minimum absolute atomic E-state index is 0.250. The van der Waals surface area contributed by atoms with E-state index in [9.17, 15) is 9.90 Å². The number of para-hydroxylation sites is 1. The van der Waals surface area contributed by atoms with Gasteiger partial charge in [-0.15, -0.1) is 0 Å². The van der Waals surface area contributed by atoms with E-state index in [4.69, 9.17) is 0 Å². The second-order valence-electron chi connectivity index (χ2n) is 6.34. The van der Waals surface area contributed by atoms with Crippen LogP contribution in [-0.4, -0.2) is 4.57 Å². The zero-order valence-electron chi connectivity index (χ0n) is 12.9. The van der Waals surface area contributed by atoms with E-state index in [1.54, 1.807) is 22.9 Å². The molecule has 0 aliphatic carbocycles. The third kappa shape index (κ3) is 2.17. The molecule has 0 bridgehead atoms. The van der Waals surface area contributed by atoms with E-state index in [1.165, 1.54) is 4.40 Å². The van der Waals surface area contributed by atoms with Gasteiger partial charge in [0.2, 0.25) is 0 Å². The van der Waals surface area contributed by atoms with Gasteiger partial charge in [0, 0.05) is 6.07 Å². The lowest BCUT2D eigenvalue weighted by Gasteiger charge is -2.23. The smallest absolute Gasteiger partial charge is 0.345 e. The van der Waals surface area contributed by atoms with Crippen LogP contribution < -0.4 is 15.1 Å². The molecule has 22 heavy (non-hydrogen) atoms. The van der Waals surface area contributed by atoms with Crippen molar-refractivity contribution < 1.29 is 9.51 Å². The molecule has 0 unspecified atom stereocenters. The third-order valence-electron chi connectivity index (χ3n) is 3.68. The fraction of sp³-hybridized carbons (Fsp3) is 0.222. The molecule has 0 aliphatic heterocycles. The van der Waals surface area contributed by atoms with Crippen molar-refractivity contribution in [3.63, 3.8) is 0 Å². The number of hydrogen-bond donors (Lipinski definition) is 0. The highest BCUT2D eigenvalue weighted by Gasteiger charge is 2.28. The van der Waals surface area contributed by atoms with E-state index >= 15 is 0 Å². The predicted molar refractivity (Wildman–Crippen MR) is 83.3 cm³/mol. The summed E-state index contributed by atoms with van der Waals surface area (Å²) in [4.78, 5) is 13.0. The summed E-state index contributed by atoms with van der Waals surface area (Å²) in [7, 11) is 0. The largest absolute Gasteiger partial charge is 0.842 e. The van der Waals surface area contributed by atoms with E-state index in [2.05, 4.69) is 0 Å². The molecule has 0 spiro atoms. The summed E-state index contributed by atoms with van der Waals surface area (Å²) < 4.78 is 3.14. The second kappa shape index (κ2) is 4.98. The molecule has 1 aromatic carbocycles. The minimum atomic E-state index is -0.526. The van der Waals surface area contributed by atoms with Gasteiger partial charge in [-0.25, -0.2) is 9.20 Å². The first-order chi connectivity index (χ1) is 10.4. The molecule has 0 radical (unpaired) electrons. The standard InChI is InChI=1S/C18H18N2O2/c1-18(2,3)15-16(21)19-12-8-7-11-14(19)20(17(15)22)13-9-5-4-6-10-13/h4-12H,1-3H3. The molecular formula is C18H18N2O2. The molecule has 0 aliphatic rings. The molecule has 2 heterocycles. The summed E-state index contributed by atoms with van der Waals surface area (Å²) in [6, 6.07) is 14.8. The number of pyridine rings is 1. The number of benzene rings is 1. The lowest BCUT2D eigenvalue weighted by Crippen LogP contribution is -2.42. The SMILES string of the molecule is CC(C)(C)c1c([O-])[n+]2ccccc2n(-c2ccccc2)c1=O. The van der Waals surface area contributed by atoms with Gasteiger partial charge in [-0.05, 0) is 23.6 Å². The number of fused-ring (bicyclic) bond motifs is 1. The molecule has 112 valence electrons. The third-order valence-corrected chi connectivity index (χ3v) is 3.68. The molecule has 0 atom stereocenters. The Morgan fingerprint density at radius 2 is 1.64 bits per heavy atom. The Hall–Kier alpha value is -2.62. The Morgan fingerprint density at radius 1 is 1.00 bits per heavy atom. The summed E-state index contributed by atoms with van der Waals surface area (Å²) >= 11 is 0. The van der Waals surface area contributed by atoms with Gasteiger partial charge in [-0.3, -0.25) is 0 Å². The second-order valence-corrected chi connectivity index (χ2v) is 6.34. The van der Waals surface area contributed by atoms with Crippen LogP contribution in [0.25, 0.3) is 11.3 Å². The van der Waals surface area contributed by atoms with Gasteiger partial charge in [0.15, 0.2) is 0 Å². The van der Waals surface area contributed by atoms with Gasteiger partial charge in [0.25, 0.3) is 5.65 Å². The summed E-state index contributed by atoms with van der Waals surface area (Å²) in [6.45, 7) is 5.65. The number of hydrogen-bond acceptors (Lipinski definition) is 2. The van der Waals surface area contributed by atoms with Crippen LogP contribution in [-0.2, 0) is 5.41 Å². The van der Waals surface area contributed by atoms with Crippen molar-refractivity contribution in [2.45, 2.75) is 26.2 Å². The molecule has 3 rings (SSSR count). The highest BCUT2D eigenvalue weighted by atomic mass is 16.3. The van der Waals surface area contributed by atoms with E-state index in [0.29, 0.717) is 11.2 Å². The van der Waals surface area contributed by atoms with Crippen molar-refractivity contribution in [2.75, 3.05) is 0 Å². The van der Waals surface area contributed by atoms with E-state index < -0.39 is 5.41 Å². The fourth-order valence-corrected chi connectivity index (χ4v) is 2.68. The normalized spacial score (nSPS) is 11.8. The zero-order valence-corrected chi connectivity index (χ0v) is 12.9. The van der Waals surface area contributed by atoms with E-state index in [0.717, 1.165) is 5.69 Å². The Bertz CT molecular complexity index is 891.